The molecule has 1 atom stereocenters. The Morgan fingerprint density at radius 1 is 1.14 bits per heavy atom. The lowest BCUT2D eigenvalue weighted by atomic mass is 9.75. The minimum Gasteiger partial charge on any atom is -0.303 e. The Balaban J connectivity index is 1.98. The zero-order valence-electron chi connectivity index (χ0n) is 10.1. The second-order valence-electron chi connectivity index (χ2n) is 5.97. The lowest BCUT2D eigenvalue weighted by Crippen LogP contribution is -2.47. The smallest absolute Gasteiger partial charge is 0.0116 e. The number of hydrogen-bond donors (Lipinski definition) is 0. The van der Waals surface area contributed by atoms with Gasteiger partial charge in [-0.2, -0.15) is 0 Å². The van der Waals surface area contributed by atoms with Gasteiger partial charge in [0.2, 0.25) is 0 Å². The molecule has 2 aliphatic rings. The molecule has 1 saturated heterocycles. The summed E-state index contributed by atoms with van der Waals surface area (Å²) in [5.74, 6) is 0.832. The van der Waals surface area contributed by atoms with Gasteiger partial charge in [-0.05, 0) is 44.1 Å². The van der Waals surface area contributed by atoms with Crippen molar-refractivity contribution in [1.82, 2.24) is 4.90 Å². The molecule has 2 rings (SSSR count). The lowest BCUT2D eigenvalue weighted by Gasteiger charge is -2.45. The molecule has 0 bridgehead atoms. The summed E-state index contributed by atoms with van der Waals surface area (Å²) in [7, 11) is 2.34. The van der Waals surface area contributed by atoms with Gasteiger partial charge in [-0.3, -0.25) is 0 Å². The third-order valence-corrected chi connectivity index (χ3v) is 4.56. The summed E-state index contributed by atoms with van der Waals surface area (Å²) in [6, 6.07) is 0.848. The molecular formula is C13H25N. The maximum atomic E-state index is 2.64. The Bertz CT molecular complexity index is 191. The molecule has 14 heavy (non-hydrogen) atoms. The molecule has 0 amide bonds. The van der Waals surface area contributed by atoms with E-state index in [0.29, 0.717) is 0 Å². The summed E-state index contributed by atoms with van der Waals surface area (Å²) in [4.78, 5) is 2.64. The lowest BCUT2D eigenvalue weighted by molar-refractivity contribution is 0.0450. The van der Waals surface area contributed by atoms with Crippen molar-refractivity contribution in [2.24, 2.45) is 11.3 Å². The van der Waals surface area contributed by atoms with Crippen LogP contribution in [0, 0.1) is 11.3 Å². The minimum absolute atomic E-state index is 0.736. The first kappa shape index (κ1) is 10.5. The van der Waals surface area contributed by atoms with Gasteiger partial charge in [0.15, 0.2) is 0 Å². The van der Waals surface area contributed by atoms with E-state index in [9.17, 15) is 0 Å². The van der Waals surface area contributed by atoms with E-state index in [2.05, 4.69) is 25.8 Å². The number of nitrogens with zero attached hydrogens (tertiary/aromatic N) is 1. The number of likely N-dealkylation sites (tertiary alicyclic amines) is 1. The van der Waals surface area contributed by atoms with Crippen molar-refractivity contribution in [3.8, 4) is 0 Å². The van der Waals surface area contributed by atoms with Gasteiger partial charge in [-0.1, -0.05) is 26.7 Å². The van der Waals surface area contributed by atoms with Crippen molar-refractivity contribution in [1.29, 1.82) is 0 Å². The molecule has 82 valence electrons. The monoisotopic (exact) mass is 195 g/mol. The van der Waals surface area contributed by atoms with Crippen LogP contribution in [0.3, 0.4) is 0 Å². The van der Waals surface area contributed by atoms with E-state index >= 15 is 0 Å². The van der Waals surface area contributed by atoms with Gasteiger partial charge in [0, 0.05) is 12.6 Å². The van der Waals surface area contributed by atoms with Gasteiger partial charge in [-0.15, -0.1) is 0 Å². The van der Waals surface area contributed by atoms with Crippen molar-refractivity contribution >= 4 is 0 Å². The highest BCUT2D eigenvalue weighted by atomic mass is 15.1. The van der Waals surface area contributed by atoms with Crippen molar-refractivity contribution < 1.29 is 0 Å². The van der Waals surface area contributed by atoms with E-state index in [0.717, 1.165) is 17.4 Å². The van der Waals surface area contributed by atoms with Gasteiger partial charge >= 0.3 is 0 Å². The van der Waals surface area contributed by atoms with Crippen LogP contribution in [0.5, 0.6) is 0 Å². The maximum absolute atomic E-state index is 2.64. The van der Waals surface area contributed by atoms with Crippen molar-refractivity contribution in [2.45, 2.75) is 58.4 Å². The molecular weight excluding hydrogens is 170 g/mol. The van der Waals surface area contributed by atoms with Crippen LogP contribution in [0.15, 0.2) is 0 Å². The first-order chi connectivity index (χ1) is 6.63. The van der Waals surface area contributed by atoms with E-state index < -0.39 is 0 Å². The normalized spacial score (nSPS) is 33.0. The van der Waals surface area contributed by atoms with Crippen LogP contribution in [-0.4, -0.2) is 24.5 Å². The standard InChI is InChI=1S/C13H25N/c1-11(2)12-6-9-13(10-14(12)3)7-4-5-8-13/h11-12H,4-10H2,1-3H3/t12-/m1/s1. The van der Waals surface area contributed by atoms with Crippen LogP contribution in [0.2, 0.25) is 0 Å². The highest BCUT2D eigenvalue weighted by Gasteiger charge is 2.40. The molecule has 1 aliphatic carbocycles. The van der Waals surface area contributed by atoms with E-state index in [1.165, 1.54) is 45.1 Å². The van der Waals surface area contributed by atoms with Gasteiger partial charge in [0.1, 0.15) is 0 Å². The molecule has 0 aromatic rings. The molecule has 0 radical (unpaired) electrons. The molecule has 2 fully saturated rings. The SMILES string of the molecule is CC(C)[C@H]1CCC2(CCCC2)CN1C. The summed E-state index contributed by atoms with van der Waals surface area (Å²) in [5.41, 5.74) is 0.736. The number of piperidine rings is 1. The molecule has 1 aliphatic heterocycles. The molecule has 0 aromatic carbocycles. The van der Waals surface area contributed by atoms with Gasteiger partial charge < -0.3 is 4.90 Å². The third-order valence-electron chi connectivity index (χ3n) is 4.56. The van der Waals surface area contributed by atoms with Crippen LogP contribution in [-0.2, 0) is 0 Å². The van der Waals surface area contributed by atoms with Crippen molar-refractivity contribution in [3.63, 3.8) is 0 Å². The molecule has 0 aromatic heterocycles. The van der Waals surface area contributed by atoms with Crippen LogP contribution in [0.1, 0.15) is 52.4 Å². The average molecular weight is 195 g/mol. The Hall–Kier alpha value is -0.0400. The quantitative estimate of drug-likeness (QED) is 0.620. The van der Waals surface area contributed by atoms with E-state index in [4.69, 9.17) is 0 Å². The Kier molecular flexibility index (Phi) is 2.88. The molecule has 1 nitrogen and oxygen atoms in total. The Morgan fingerprint density at radius 2 is 1.79 bits per heavy atom. The van der Waals surface area contributed by atoms with Gasteiger partial charge in [0.05, 0.1) is 0 Å². The van der Waals surface area contributed by atoms with E-state index in [1.807, 2.05) is 0 Å². The van der Waals surface area contributed by atoms with E-state index in [1.54, 1.807) is 0 Å². The molecule has 0 N–H and O–H groups in total. The van der Waals surface area contributed by atoms with Crippen LogP contribution in [0.4, 0.5) is 0 Å². The molecule has 1 saturated carbocycles. The fraction of sp³-hybridized carbons (Fsp3) is 1.00. The Morgan fingerprint density at radius 3 is 2.29 bits per heavy atom. The average Bonchev–Trinajstić information content (AvgIpc) is 2.52. The zero-order valence-corrected chi connectivity index (χ0v) is 10.1. The second-order valence-corrected chi connectivity index (χ2v) is 5.97. The molecule has 1 heterocycles. The summed E-state index contributed by atoms with van der Waals surface area (Å²) in [5, 5.41) is 0. The summed E-state index contributed by atoms with van der Waals surface area (Å²) >= 11 is 0. The first-order valence-corrected chi connectivity index (χ1v) is 6.33. The van der Waals surface area contributed by atoms with Gasteiger partial charge in [-0.25, -0.2) is 0 Å². The van der Waals surface area contributed by atoms with Crippen molar-refractivity contribution in [3.05, 3.63) is 0 Å². The topological polar surface area (TPSA) is 3.24 Å². The number of hydrogen-bond acceptors (Lipinski definition) is 1. The fourth-order valence-corrected chi connectivity index (χ4v) is 3.78. The maximum Gasteiger partial charge on any atom is 0.0116 e. The predicted octanol–water partition coefficient (Wildman–Crippen LogP) is 3.30. The highest BCUT2D eigenvalue weighted by molar-refractivity contribution is 4.93. The predicted molar refractivity (Wildman–Crippen MR) is 61.4 cm³/mol. The first-order valence-electron chi connectivity index (χ1n) is 6.33. The largest absolute Gasteiger partial charge is 0.303 e. The van der Waals surface area contributed by atoms with Crippen molar-refractivity contribution in [2.75, 3.05) is 13.6 Å². The Labute approximate surface area is 88.9 Å². The zero-order chi connectivity index (χ0) is 10.2. The minimum atomic E-state index is 0.736. The van der Waals surface area contributed by atoms with Crippen LogP contribution in [0.25, 0.3) is 0 Å². The molecule has 1 spiro atoms. The highest BCUT2D eigenvalue weighted by Crippen LogP contribution is 2.46. The fourth-order valence-electron chi connectivity index (χ4n) is 3.78. The molecule has 0 unspecified atom stereocenters. The van der Waals surface area contributed by atoms with Crippen LogP contribution >= 0.6 is 0 Å². The second kappa shape index (κ2) is 3.84. The summed E-state index contributed by atoms with van der Waals surface area (Å²) in [6.07, 6.45) is 8.92. The van der Waals surface area contributed by atoms with Gasteiger partial charge in [0.25, 0.3) is 0 Å². The molecule has 1 heteroatoms. The number of rotatable bonds is 1. The summed E-state index contributed by atoms with van der Waals surface area (Å²) in [6.45, 7) is 6.11. The van der Waals surface area contributed by atoms with Crippen LogP contribution < -0.4 is 0 Å². The van der Waals surface area contributed by atoms with E-state index in [-0.39, 0.29) is 0 Å². The summed E-state index contributed by atoms with van der Waals surface area (Å²) < 4.78 is 0. The third kappa shape index (κ3) is 1.84.